The Morgan fingerprint density at radius 1 is 1.24 bits per heavy atom. The van der Waals surface area contributed by atoms with E-state index in [1.54, 1.807) is 0 Å². The van der Waals surface area contributed by atoms with E-state index < -0.39 is 7.12 Å². The van der Waals surface area contributed by atoms with Crippen LogP contribution in [0.25, 0.3) is 0 Å². The first kappa shape index (κ1) is 13.8. The average Bonchev–Trinajstić information content (AvgIpc) is 2.28. The van der Waals surface area contributed by atoms with E-state index >= 15 is 0 Å². The minimum absolute atomic E-state index is 0.0306. The average molecular weight is 231 g/mol. The van der Waals surface area contributed by atoms with Crippen molar-refractivity contribution in [1.29, 1.82) is 5.26 Å². The maximum Gasteiger partial charge on any atom is 0.452 e. The van der Waals surface area contributed by atoms with E-state index in [1.165, 1.54) is 0 Å². The number of rotatable bonds is 5. The molecule has 0 saturated heterocycles. The maximum atomic E-state index is 9.18. The van der Waals surface area contributed by atoms with E-state index in [0.29, 0.717) is 0 Å². The minimum atomic E-state index is -1.43. The highest BCUT2D eigenvalue weighted by molar-refractivity contribution is 6.41. The van der Waals surface area contributed by atoms with Crippen molar-refractivity contribution in [2.45, 2.75) is 26.1 Å². The zero-order valence-corrected chi connectivity index (χ0v) is 10.2. The van der Waals surface area contributed by atoms with Crippen LogP contribution in [-0.2, 0) is 0 Å². The molecule has 90 valence electrons. The topological polar surface area (TPSA) is 64.2 Å². The molecule has 0 aliphatic heterocycles. The van der Waals surface area contributed by atoms with Crippen LogP contribution < -0.4 is 0 Å². The monoisotopic (exact) mass is 231 g/mol. The molecule has 0 heterocycles. The molecule has 17 heavy (non-hydrogen) atoms. The van der Waals surface area contributed by atoms with Crippen LogP contribution in [0, 0.1) is 23.2 Å². The summed E-state index contributed by atoms with van der Waals surface area (Å²) in [6, 6.07) is 12.0. The normalized spacial score (nSPS) is 14.1. The van der Waals surface area contributed by atoms with Crippen LogP contribution in [0.2, 0.25) is 6.32 Å². The zero-order chi connectivity index (χ0) is 12.8. The molecule has 2 unspecified atom stereocenters. The molecule has 2 atom stereocenters. The lowest BCUT2D eigenvalue weighted by atomic mass is 9.69. The summed E-state index contributed by atoms with van der Waals surface area (Å²) in [4.78, 5) is 0. The lowest BCUT2D eigenvalue weighted by Crippen LogP contribution is -2.23. The largest absolute Gasteiger partial charge is 0.452 e. The molecule has 0 aromatic heterocycles. The summed E-state index contributed by atoms with van der Waals surface area (Å²) in [5.74, 6) is -0.0683. The number of nitriles is 1. The molecule has 0 aliphatic carbocycles. The molecule has 1 rings (SSSR count). The molecular formula is C13H18BNO2. The second kappa shape index (κ2) is 6.44. The summed E-state index contributed by atoms with van der Waals surface area (Å²) in [7, 11) is -1.43. The molecule has 0 spiro atoms. The van der Waals surface area contributed by atoms with Crippen molar-refractivity contribution in [3.05, 3.63) is 35.9 Å². The van der Waals surface area contributed by atoms with Crippen LogP contribution in [0.1, 0.15) is 25.3 Å². The molecule has 0 bridgehead atoms. The smallest absolute Gasteiger partial charge is 0.427 e. The van der Waals surface area contributed by atoms with Crippen molar-refractivity contribution in [2.75, 3.05) is 0 Å². The standard InChI is InChI=1S/C13H18BNO2/c1-10(2)13(11-6-4-3-5-7-11)12(9-15)8-14(16)17/h3-7,10,12-13,16-17H,8H2,1-2H3. The van der Waals surface area contributed by atoms with E-state index in [0.717, 1.165) is 5.56 Å². The van der Waals surface area contributed by atoms with Crippen LogP contribution in [0.4, 0.5) is 0 Å². The first-order valence-corrected chi connectivity index (χ1v) is 5.87. The molecule has 0 fully saturated rings. The van der Waals surface area contributed by atoms with E-state index in [-0.39, 0.29) is 24.1 Å². The number of hydrogen-bond acceptors (Lipinski definition) is 3. The lowest BCUT2D eigenvalue weighted by Gasteiger charge is -2.26. The SMILES string of the molecule is CC(C)C(c1ccccc1)C(C#N)CB(O)O. The molecule has 0 amide bonds. The van der Waals surface area contributed by atoms with Crippen LogP contribution in [0.3, 0.4) is 0 Å². The molecule has 1 aromatic carbocycles. The Morgan fingerprint density at radius 3 is 2.24 bits per heavy atom. The van der Waals surface area contributed by atoms with E-state index in [2.05, 4.69) is 6.07 Å². The molecular weight excluding hydrogens is 213 g/mol. The Balaban J connectivity index is 2.97. The predicted molar refractivity (Wildman–Crippen MR) is 68.1 cm³/mol. The fraction of sp³-hybridized carbons (Fsp3) is 0.462. The second-order valence-electron chi connectivity index (χ2n) is 4.63. The van der Waals surface area contributed by atoms with E-state index in [9.17, 15) is 5.26 Å². The molecule has 0 aliphatic rings. The van der Waals surface area contributed by atoms with Gasteiger partial charge in [-0.2, -0.15) is 5.26 Å². The summed E-state index contributed by atoms with van der Waals surface area (Å²) in [5, 5.41) is 27.3. The number of hydrogen-bond donors (Lipinski definition) is 2. The van der Waals surface area contributed by atoms with Gasteiger partial charge in [0.05, 0.1) is 12.0 Å². The van der Waals surface area contributed by atoms with Gasteiger partial charge in [0.25, 0.3) is 0 Å². The van der Waals surface area contributed by atoms with Gasteiger partial charge in [-0.1, -0.05) is 44.2 Å². The third-order valence-corrected chi connectivity index (χ3v) is 2.97. The molecule has 4 heteroatoms. The third-order valence-electron chi connectivity index (χ3n) is 2.97. The van der Waals surface area contributed by atoms with Crippen molar-refractivity contribution >= 4 is 7.12 Å². The van der Waals surface area contributed by atoms with Gasteiger partial charge in [0, 0.05) is 5.92 Å². The fourth-order valence-electron chi connectivity index (χ4n) is 2.26. The first-order chi connectivity index (χ1) is 8.06. The lowest BCUT2D eigenvalue weighted by molar-refractivity contribution is 0.364. The number of benzene rings is 1. The summed E-state index contributed by atoms with van der Waals surface area (Å²) in [6.07, 6.45) is 0.0915. The van der Waals surface area contributed by atoms with Crippen molar-refractivity contribution in [2.24, 2.45) is 11.8 Å². The van der Waals surface area contributed by atoms with Gasteiger partial charge in [0.1, 0.15) is 0 Å². The van der Waals surface area contributed by atoms with Crippen LogP contribution in [0.5, 0.6) is 0 Å². The zero-order valence-electron chi connectivity index (χ0n) is 10.2. The Labute approximate surface area is 103 Å². The van der Waals surface area contributed by atoms with Gasteiger partial charge in [0.15, 0.2) is 0 Å². The molecule has 2 N–H and O–H groups in total. The molecule has 0 saturated carbocycles. The van der Waals surface area contributed by atoms with Crippen molar-refractivity contribution < 1.29 is 10.0 Å². The molecule has 1 aromatic rings. The van der Waals surface area contributed by atoms with Crippen molar-refractivity contribution in [1.82, 2.24) is 0 Å². The van der Waals surface area contributed by atoms with Gasteiger partial charge in [-0.15, -0.1) is 0 Å². The van der Waals surface area contributed by atoms with Gasteiger partial charge < -0.3 is 10.0 Å². The maximum absolute atomic E-state index is 9.18. The summed E-state index contributed by atoms with van der Waals surface area (Å²) >= 11 is 0. The minimum Gasteiger partial charge on any atom is -0.427 e. The number of nitrogens with zero attached hydrogens (tertiary/aromatic N) is 1. The van der Waals surface area contributed by atoms with Gasteiger partial charge in [-0.25, -0.2) is 0 Å². The highest BCUT2D eigenvalue weighted by atomic mass is 16.4. The molecule has 3 nitrogen and oxygen atoms in total. The predicted octanol–water partition coefficient (Wildman–Crippen LogP) is 2.04. The Kier molecular flexibility index (Phi) is 5.21. The quantitative estimate of drug-likeness (QED) is 0.762. The Hall–Kier alpha value is -1.31. The van der Waals surface area contributed by atoms with Gasteiger partial charge in [-0.3, -0.25) is 0 Å². The van der Waals surface area contributed by atoms with Gasteiger partial charge >= 0.3 is 7.12 Å². The third kappa shape index (κ3) is 3.88. The van der Waals surface area contributed by atoms with Crippen LogP contribution in [-0.4, -0.2) is 17.2 Å². The summed E-state index contributed by atoms with van der Waals surface area (Å²) in [5.41, 5.74) is 1.08. The first-order valence-electron chi connectivity index (χ1n) is 5.87. The van der Waals surface area contributed by atoms with E-state index in [1.807, 2.05) is 44.2 Å². The van der Waals surface area contributed by atoms with Crippen LogP contribution >= 0.6 is 0 Å². The van der Waals surface area contributed by atoms with Gasteiger partial charge in [0.2, 0.25) is 0 Å². The highest BCUT2D eigenvalue weighted by Gasteiger charge is 2.29. The Bertz CT molecular complexity index is 373. The highest BCUT2D eigenvalue weighted by Crippen LogP contribution is 2.34. The molecule has 0 radical (unpaired) electrons. The van der Waals surface area contributed by atoms with E-state index in [4.69, 9.17) is 10.0 Å². The second-order valence-corrected chi connectivity index (χ2v) is 4.63. The van der Waals surface area contributed by atoms with Crippen LogP contribution in [0.15, 0.2) is 30.3 Å². The van der Waals surface area contributed by atoms with Gasteiger partial charge in [-0.05, 0) is 17.8 Å². The Morgan fingerprint density at radius 2 is 1.82 bits per heavy atom. The summed E-state index contributed by atoms with van der Waals surface area (Å²) in [6.45, 7) is 4.09. The van der Waals surface area contributed by atoms with Crippen molar-refractivity contribution in [3.63, 3.8) is 0 Å². The summed E-state index contributed by atoms with van der Waals surface area (Å²) < 4.78 is 0. The fourth-order valence-corrected chi connectivity index (χ4v) is 2.26. The van der Waals surface area contributed by atoms with Crippen molar-refractivity contribution in [3.8, 4) is 6.07 Å².